The molecule has 9 nitrogen and oxygen atoms in total. The SMILES string of the molecule is COC[C@]1(O)CCCC[C@H]1n1cnc(C(=O)N2CCNC[C@H]2CCOc2ccc(C)nc2C)c1-c1ccccc1. The minimum Gasteiger partial charge on any atom is -0.492 e. The largest absolute Gasteiger partial charge is 0.492 e. The third-order valence-electron chi connectivity index (χ3n) is 8.23. The summed E-state index contributed by atoms with van der Waals surface area (Å²) in [4.78, 5) is 25.3. The molecule has 1 amide bonds. The smallest absolute Gasteiger partial charge is 0.275 e. The zero-order valence-corrected chi connectivity index (χ0v) is 23.8. The van der Waals surface area contributed by atoms with Crippen molar-refractivity contribution in [2.75, 3.05) is 40.0 Å². The molecule has 3 aromatic rings. The summed E-state index contributed by atoms with van der Waals surface area (Å²) in [7, 11) is 1.62. The Labute approximate surface area is 236 Å². The van der Waals surface area contributed by atoms with Crippen molar-refractivity contribution < 1.29 is 19.4 Å². The lowest BCUT2D eigenvalue weighted by Crippen LogP contribution is -2.54. The van der Waals surface area contributed by atoms with E-state index < -0.39 is 5.60 Å². The number of amides is 1. The van der Waals surface area contributed by atoms with Crippen LogP contribution in [-0.4, -0.2) is 82.0 Å². The molecule has 1 saturated heterocycles. The van der Waals surface area contributed by atoms with Crippen molar-refractivity contribution in [2.24, 2.45) is 0 Å². The number of methoxy groups -OCH3 is 1. The van der Waals surface area contributed by atoms with E-state index in [2.05, 4.69) is 10.3 Å². The van der Waals surface area contributed by atoms with Gasteiger partial charge in [-0.2, -0.15) is 0 Å². The summed E-state index contributed by atoms with van der Waals surface area (Å²) in [5, 5.41) is 15.1. The number of nitrogens with zero attached hydrogens (tertiary/aromatic N) is 4. The molecule has 9 heteroatoms. The number of nitrogens with one attached hydrogen (secondary N) is 1. The number of rotatable bonds is 9. The zero-order valence-electron chi connectivity index (χ0n) is 23.8. The third kappa shape index (κ3) is 5.92. The van der Waals surface area contributed by atoms with Gasteiger partial charge in [0.15, 0.2) is 5.69 Å². The predicted octanol–water partition coefficient (Wildman–Crippen LogP) is 3.94. The van der Waals surface area contributed by atoms with E-state index in [1.807, 2.05) is 65.8 Å². The number of hydrogen-bond donors (Lipinski definition) is 2. The van der Waals surface area contributed by atoms with Gasteiger partial charge in [-0.1, -0.05) is 43.2 Å². The van der Waals surface area contributed by atoms with Crippen molar-refractivity contribution in [2.45, 2.75) is 63.6 Å². The Kier molecular flexibility index (Phi) is 8.83. The standard InChI is InChI=1S/C31H41N5O4/c1-22-12-13-26(23(2)34-22)40-18-14-25-19-32-16-17-35(25)30(37)28-29(24-9-5-4-6-10-24)36(21-33-28)27-11-7-8-15-31(27,38)20-39-3/h4-6,9-10,12-13,21,25,27,32,38H,7-8,11,14-20H2,1-3H3/t25-,27-,31-/m1/s1. The first-order valence-electron chi connectivity index (χ1n) is 14.3. The first-order chi connectivity index (χ1) is 19.4. The second-order valence-corrected chi connectivity index (χ2v) is 11.0. The number of ether oxygens (including phenoxy) is 2. The summed E-state index contributed by atoms with van der Waals surface area (Å²) < 4.78 is 13.5. The summed E-state index contributed by atoms with van der Waals surface area (Å²) >= 11 is 0. The van der Waals surface area contributed by atoms with Crippen LogP contribution in [0.25, 0.3) is 11.3 Å². The highest BCUT2D eigenvalue weighted by Gasteiger charge is 2.42. The Morgan fingerprint density at radius 3 is 2.77 bits per heavy atom. The molecule has 2 fully saturated rings. The average molecular weight is 548 g/mol. The van der Waals surface area contributed by atoms with Crippen LogP contribution in [0.5, 0.6) is 5.75 Å². The van der Waals surface area contributed by atoms with Gasteiger partial charge in [0.05, 0.1) is 37.0 Å². The molecule has 1 aliphatic carbocycles. The highest BCUT2D eigenvalue weighted by atomic mass is 16.5. The first-order valence-corrected chi connectivity index (χ1v) is 14.3. The second-order valence-electron chi connectivity index (χ2n) is 11.0. The fourth-order valence-corrected chi connectivity index (χ4v) is 6.21. The number of hydrogen-bond acceptors (Lipinski definition) is 7. The van der Waals surface area contributed by atoms with E-state index in [1.165, 1.54) is 0 Å². The summed E-state index contributed by atoms with van der Waals surface area (Å²) in [6.45, 7) is 6.64. The molecule has 2 aromatic heterocycles. The van der Waals surface area contributed by atoms with E-state index in [4.69, 9.17) is 14.5 Å². The summed E-state index contributed by atoms with van der Waals surface area (Å²) in [5.41, 5.74) is 2.88. The second kappa shape index (κ2) is 12.5. The van der Waals surface area contributed by atoms with E-state index in [-0.39, 0.29) is 24.6 Å². The van der Waals surface area contributed by atoms with E-state index in [0.717, 1.165) is 54.2 Å². The van der Waals surface area contributed by atoms with Gasteiger partial charge < -0.3 is 29.4 Å². The van der Waals surface area contributed by atoms with Crippen molar-refractivity contribution in [1.29, 1.82) is 0 Å². The van der Waals surface area contributed by atoms with Crippen molar-refractivity contribution in [3.63, 3.8) is 0 Å². The van der Waals surface area contributed by atoms with Gasteiger partial charge in [0.25, 0.3) is 5.91 Å². The van der Waals surface area contributed by atoms with Gasteiger partial charge in [-0.15, -0.1) is 0 Å². The Morgan fingerprint density at radius 2 is 2.00 bits per heavy atom. The van der Waals surface area contributed by atoms with Crippen LogP contribution in [-0.2, 0) is 4.74 Å². The number of aryl methyl sites for hydroxylation is 2. The van der Waals surface area contributed by atoms with Crippen molar-refractivity contribution >= 4 is 5.91 Å². The summed E-state index contributed by atoms with van der Waals surface area (Å²) in [6.07, 6.45) is 5.81. The maximum atomic E-state index is 14.2. The Morgan fingerprint density at radius 1 is 1.18 bits per heavy atom. The number of aliphatic hydroxyl groups is 1. The number of carbonyl (C=O) groups excluding carboxylic acids is 1. The normalized spacial score (nSPS) is 23.2. The van der Waals surface area contributed by atoms with Gasteiger partial charge in [0, 0.05) is 50.5 Å². The molecule has 5 rings (SSSR count). The lowest BCUT2D eigenvalue weighted by molar-refractivity contribution is -0.0893. The number of pyridine rings is 1. The average Bonchev–Trinajstić information content (AvgIpc) is 3.39. The van der Waals surface area contributed by atoms with E-state index in [9.17, 15) is 9.90 Å². The number of imidazole rings is 1. The number of piperazine rings is 1. The molecular formula is C31H41N5O4. The fourth-order valence-electron chi connectivity index (χ4n) is 6.21. The van der Waals surface area contributed by atoms with Crippen LogP contribution in [0.3, 0.4) is 0 Å². The van der Waals surface area contributed by atoms with Gasteiger partial charge in [-0.05, 0) is 38.8 Å². The number of benzene rings is 1. The van der Waals surface area contributed by atoms with Crippen molar-refractivity contribution in [3.8, 4) is 17.0 Å². The van der Waals surface area contributed by atoms with Crippen LogP contribution in [0.1, 0.15) is 60.0 Å². The molecule has 3 heterocycles. The minimum absolute atomic E-state index is 0.0335. The molecule has 3 atom stereocenters. The van der Waals surface area contributed by atoms with Crippen LogP contribution in [0.4, 0.5) is 0 Å². The quantitative estimate of drug-likeness (QED) is 0.419. The maximum Gasteiger partial charge on any atom is 0.275 e. The molecule has 2 N–H and O–H groups in total. The van der Waals surface area contributed by atoms with Crippen molar-refractivity contribution in [3.05, 3.63) is 65.9 Å². The van der Waals surface area contributed by atoms with Crippen LogP contribution in [0.2, 0.25) is 0 Å². The number of carbonyl (C=O) groups is 1. The van der Waals surface area contributed by atoms with E-state index in [0.29, 0.717) is 38.2 Å². The summed E-state index contributed by atoms with van der Waals surface area (Å²) in [5.74, 6) is 0.678. The molecule has 1 aromatic carbocycles. The van der Waals surface area contributed by atoms with Crippen molar-refractivity contribution in [1.82, 2.24) is 24.8 Å². The monoisotopic (exact) mass is 547 g/mol. The van der Waals surface area contributed by atoms with Crippen LogP contribution < -0.4 is 10.1 Å². The zero-order chi connectivity index (χ0) is 28.1. The van der Waals surface area contributed by atoms with Gasteiger partial charge in [0.2, 0.25) is 0 Å². The van der Waals surface area contributed by atoms with Crippen LogP contribution in [0, 0.1) is 13.8 Å². The van der Waals surface area contributed by atoms with E-state index in [1.54, 1.807) is 13.4 Å². The Hall–Kier alpha value is -3.27. The molecule has 1 saturated carbocycles. The molecule has 214 valence electrons. The first kappa shape index (κ1) is 28.3. The van der Waals surface area contributed by atoms with Crippen LogP contribution >= 0.6 is 0 Å². The van der Waals surface area contributed by atoms with E-state index >= 15 is 0 Å². The molecule has 1 aliphatic heterocycles. The predicted molar refractivity (Wildman–Crippen MR) is 154 cm³/mol. The lowest BCUT2D eigenvalue weighted by Gasteiger charge is -2.41. The van der Waals surface area contributed by atoms with Gasteiger partial charge in [-0.25, -0.2) is 4.98 Å². The highest BCUT2D eigenvalue weighted by Crippen LogP contribution is 2.41. The fraction of sp³-hybridized carbons (Fsp3) is 0.516. The molecular weight excluding hydrogens is 506 g/mol. The molecule has 40 heavy (non-hydrogen) atoms. The van der Waals surface area contributed by atoms with Gasteiger partial charge in [0.1, 0.15) is 11.4 Å². The molecule has 0 bridgehead atoms. The molecule has 2 aliphatic rings. The van der Waals surface area contributed by atoms with Crippen LogP contribution in [0.15, 0.2) is 48.8 Å². The minimum atomic E-state index is -1.02. The maximum absolute atomic E-state index is 14.2. The third-order valence-corrected chi connectivity index (χ3v) is 8.23. The summed E-state index contributed by atoms with van der Waals surface area (Å²) in [6, 6.07) is 13.5. The highest BCUT2D eigenvalue weighted by molar-refractivity contribution is 5.98. The molecule has 0 unspecified atom stereocenters. The van der Waals surface area contributed by atoms with Gasteiger partial charge in [-0.3, -0.25) is 9.78 Å². The Bertz CT molecular complexity index is 1290. The topological polar surface area (TPSA) is 102 Å². The lowest BCUT2D eigenvalue weighted by atomic mass is 9.80. The van der Waals surface area contributed by atoms with Gasteiger partial charge >= 0.3 is 0 Å². The molecule has 0 radical (unpaired) electrons. The Balaban J connectivity index is 1.42. The molecule has 0 spiro atoms. The number of aromatic nitrogens is 3.